The van der Waals surface area contributed by atoms with Crippen molar-refractivity contribution in [3.8, 4) is 0 Å². The van der Waals surface area contributed by atoms with Crippen LogP contribution in [0.25, 0.3) is 0 Å². The molecule has 3 heterocycles. The van der Waals surface area contributed by atoms with Gasteiger partial charge in [-0.25, -0.2) is 0 Å². The van der Waals surface area contributed by atoms with Crippen molar-refractivity contribution in [2.45, 2.75) is 25.9 Å². The van der Waals surface area contributed by atoms with Gasteiger partial charge in [-0.1, -0.05) is 48.0 Å². The van der Waals surface area contributed by atoms with Gasteiger partial charge in [-0.15, -0.1) is 0 Å². The second-order valence-corrected chi connectivity index (χ2v) is 12.1. The largest absolute Gasteiger partial charge is 0.340 e. The summed E-state index contributed by atoms with van der Waals surface area (Å²) < 4.78 is 0. The van der Waals surface area contributed by atoms with E-state index in [4.69, 9.17) is 11.6 Å². The summed E-state index contributed by atoms with van der Waals surface area (Å²) in [6.45, 7) is 4.68. The van der Waals surface area contributed by atoms with E-state index in [2.05, 4.69) is 5.32 Å². The Balaban J connectivity index is 1.25. The van der Waals surface area contributed by atoms with Crippen LogP contribution >= 0.6 is 11.6 Å². The number of anilines is 1. The zero-order valence-electron chi connectivity index (χ0n) is 25.1. The van der Waals surface area contributed by atoms with E-state index in [1.807, 2.05) is 47.4 Å². The minimum atomic E-state index is -0.252. The Hall–Kier alpha value is -4.47. The third kappa shape index (κ3) is 7.10. The van der Waals surface area contributed by atoms with Gasteiger partial charge in [-0.2, -0.15) is 0 Å². The lowest BCUT2D eigenvalue weighted by molar-refractivity contribution is -0.131. The van der Waals surface area contributed by atoms with Crippen LogP contribution in [0.15, 0.2) is 78.9 Å². The monoisotopic (exact) mass is 625 g/mol. The Labute approximate surface area is 268 Å². The Bertz CT molecular complexity index is 1610. The smallest absolute Gasteiger partial charge is 0.254 e. The fourth-order valence-electron chi connectivity index (χ4n) is 5.97. The molecule has 1 fully saturated rings. The number of halogens is 1. The summed E-state index contributed by atoms with van der Waals surface area (Å²) >= 11 is 6.04. The van der Waals surface area contributed by atoms with E-state index < -0.39 is 0 Å². The number of carbonyl (C=O) groups is 4. The van der Waals surface area contributed by atoms with Gasteiger partial charge in [0.15, 0.2) is 0 Å². The summed E-state index contributed by atoms with van der Waals surface area (Å²) in [6.07, 6.45) is 4.89. The van der Waals surface area contributed by atoms with Crippen LogP contribution in [-0.4, -0.2) is 84.1 Å². The van der Waals surface area contributed by atoms with Gasteiger partial charge in [0, 0.05) is 74.1 Å². The molecule has 0 atom stereocenters. The molecule has 0 saturated carbocycles. The average Bonchev–Trinajstić information content (AvgIpc) is 3.58. The molecule has 10 heteroatoms. The van der Waals surface area contributed by atoms with Crippen molar-refractivity contribution in [2.24, 2.45) is 0 Å². The summed E-state index contributed by atoms with van der Waals surface area (Å²) in [7, 11) is 0. The van der Waals surface area contributed by atoms with Crippen LogP contribution in [0, 0.1) is 0 Å². The average molecular weight is 626 g/mol. The van der Waals surface area contributed by atoms with Crippen molar-refractivity contribution in [1.29, 1.82) is 0 Å². The number of benzene rings is 3. The predicted molar refractivity (Wildman–Crippen MR) is 173 cm³/mol. The number of aryl methyl sites for hydroxylation is 1. The number of fused-ring (bicyclic) bond motifs is 1. The molecule has 0 radical (unpaired) electrons. The van der Waals surface area contributed by atoms with Gasteiger partial charge in [0.05, 0.1) is 6.54 Å². The molecule has 1 N–H and O–H groups in total. The Kier molecular flexibility index (Phi) is 9.28. The van der Waals surface area contributed by atoms with E-state index in [0.29, 0.717) is 55.2 Å². The van der Waals surface area contributed by atoms with Crippen molar-refractivity contribution in [3.63, 3.8) is 0 Å². The van der Waals surface area contributed by atoms with Crippen molar-refractivity contribution >= 4 is 40.9 Å². The Morgan fingerprint density at radius 2 is 1.36 bits per heavy atom. The van der Waals surface area contributed by atoms with Gasteiger partial charge in [0.1, 0.15) is 6.54 Å². The van der Waals surface area contributed by atoms with Crippen molar-refractivity contribution in [2.75, 3.05) is 50.7 Å². The molecule has 0 bridgehead atoms. The number of piperazine rings is 1. The summed E-state index contributed by atoms with van der Waals surface area (Å²) in [5.41, 5.74) is 4.44. The van der Waals surface area contributed by atoms with Crippen molar-refractivity contribution in [1.82, 2.24) is 20.0 Å². The molecule has 0 aromatic heterocycles. The molecule has 3 aromatic rings. The molecule has 1 saturated heterocycles. The minimum Gasteiger partial charge on any atom is -0.340 e. The van der Waals surface area contributed by atoms with Crippen LogP contribution in [0.1, 0.15) is 43.8 Å². The molecular weight excluding hydrogens is 590 g/mol. The number of carbonyl (C=O) groups excluding carboxylic acids is 4. The van der Waals surface area contributed by atoms with Crippen LogP contribution in [0.5, 0.6) is 0 Å². The Morgan fingerprint density at radius 1 is 0.733 bits per heavy atom. The second kappa shape index (κ2) is 13.7. The molecule has 232 valence electrons. The highest BCUT2D eigenvalue weighted by molar-refractivity contribution is 6.30. The van der Waals surface area contributed by atoms with E-state index in [0.717, 1.165) is 35.5 Å². The third-order valence-electron chi connectivity index (χ3n) is 8.55. The van der Waals surface area contributed by atoms with Crippen LogP contribution in [-0.2, 0) is 29.1 Å². The fraction of sp³-hybridized carbons (Fsp3) is 0.314. The lowest BCUT2D eigenvalue weighted by atomic mass is 10.0. The number of rotatable bonds is 7. The van der Waals surface area contributed by atoms with Crippen LogP contribution in [0.3, 0.4) is 0 Å². The van der Waals surface area contributed by atoms with Gasteiger partial charge >= 0.3 is 0 Å². The SMILES string of the molecule is O=C(CCc1ccc2c(c1)N(Cc1ccc(C(=O)N3CC=CC3)cc1)C(=O)CN(C(=O)c1ccc(Cl)cc1)C2)N1CCNCC1. The topological polar surface area (TPSA) is 93.3 Å². The first-order chi connectivity index (χ1) is 21.9. The molecule has 45 heavy (non-hydrogen) atoms. The maximum absolute atomic E-state index is 13.9. The highest BCUT2D eigenvalue weighted by atomic mass is 35.5. The standard InChI is InChI=1S/C35H36ClN5O4/c36-30-12-10-28(11-13-30)35(45)40-23-29-9-3-25(6-14-32(42)38-19-15-37-16-20-38)21-31(29)41(33(43)24-40)22-26-4-7-27(8-5-26)34(44)39-17-1-2-18-39/h1-5,7-13,21,37H,6,14-20,22-24H2. The van der Waals surface area contributed by atoms with E-state index in [9.17, 15) is 19.2 Å². The zero-order valence-corrected chi connectivity index (χ0v) is 25.8. The highest BCUT2D eigenvalue weighted by Crippen LogP contribution is 2.30. The van der Waals surface area contributed by atoms with E-state index in [1.54, 1.807) is 51.1 Å². The molecule has 3 aliphatic rings. The van der Waals surface area contributed by atoms with Crippen LogP contribution < -0.4 is 10.2 Å². The molecule has 0 unspecified atom stereocenters. The fourth-order valence-corrected chi connectivity index (χ4v) is 6.10. The molecule has 9 nitrogen and oxygen atoms in total. The van der Waals surface area contributed by atoms with Gasteiger partial charge < -0.3 is 24.9 Å². The maximum Gasteiger partial charge on any atom is 0.254 e. The third-order valence-corrected chi connectivity index (χ3v) is 8.80. The summed E-state index contributed by atoms with van der Waals surface area (Å²) in [4.78, 5) is 60.0. The second-order valence-electron chi connectivity index (χ2n) is 11.6. The molecule has 0 aliphatic carbocycles. The maximum atomic E-state index is 13.9. The lowest BCUT2D eigenvalue weighted by Gasteiger charge is -2.27. The number of hydrogen-bond acceptors (Lipinski definition) is 5. The first kappa shape index (κ1) is 30.6. The molecule has 0 spiro atoms. The predicted octanol–water partition coefficient (Wildman–Crippen LogP) is 3.91. The van der Waals surface area contributed by atoms with E-state index in [1.165, 1.54) is 0 Å². The zero-order chi connectivity index (χ0) is 31.3. The lowest BCUT2D eigenvalue weighted by Crippen LogP contribution is -2.46. The van der Waals surface area contributed by atoms with Gasteiger partial charge in [-0.3, -0.25) is 19.2 Å². The quantitative estimate of drug-likeness (QED) is 0.402. The van der Waals surface area contributed by atoms with Crippen molar-refractivity contribution in [3.05, 3.63) is 112 Å². The van der Waals surface area contributed by atoms with Crippen molar-refractivity contribution < 1.29 is 19.2 Å². The van der Waals surface area contributed by atoms with E-state index in [-0.39, 0.29) is 43.3 Å². The van der Waals surface area contributed by atoms with E-state index >= 15 is 0 Å². The van der Waals surface area contributed by atoms with Crippen LogP contribution in [0.4, 0.5) is 5.69 Å². The molecule has 3 aromatic carbocycles. The number of amides is 4. The summed E-state index contributed by atoms with van der Waals surface area (Å²) in [5.74, 6) is -0.372. The molecule has 4 amide bonds. The van der Waals surface area contributed by atoms with Gasteiger partial charge in [0.2, 0.25) is 11.8 Å². The molecule has 6 rings (SSSR count). The Morgan fingerprint density at radius 3 is 2.04 bits per heavy atom. The summed E-state index contributed by atoms with van der Waals surface area (Å²) in [6, 6.07) is 19.9. The first-order valence-corrected chi connectivity index (χ1v) is 15.7. The number of nitrogens with zero attached hydrogens (tertiary/aromatic N) is 4. The molecule has 3 aliphatic heterocycles. The number of nitrogens with one attached hydrogen (secondary N) is 1. The summed E-state index contributed by atoms with van der Waals surface area (Å²) in [5, 5.41) is 3.80. The normalized spacial score (nSPS) is 16.5. The van der Waals surface area contributed by atoms with Gasteiger partial charge in [-0.05, 0) is 65.6 Å². The highest BCUT2D eigenvalue weighted by Gasteiger charge is 2.30. The minimum absolute atomic E-state index is 0.0286. The molecular formula is C35H36ClN5O4. The number of hydrogen-bond donors (Lipinski definition) is 1. The van der Waals surface area contributed by atoms with Crippen LogP contribution in [0.2, 0.25) is 5.02 Å². The first-order valence-electron chi connectivity index (χ1n) is 15.3. The van der Waals surface area contributed by atoms with Gasteiger partial charge in [0.25, 0.3) is 11.8 Å².